The fraction of sp³-hybridized carbons (Fsp3) is 0.318. The number of amides is 2. The Morgan fingerprint density at radius 2 is 2.03 bits per heavy atom. The maximum Gasteiger partial charge on any atom is 0.227 e. The number of hydrogen-bond donors (Lipinski definition) is 2. The summed E-state index contributed by atoms with van der Waals surface area (Å²) in [6, 6.07) is 15.2. The van der Waals surface area contributed by atoms with Crippen LogP contribution in [0.15, 0.2) is 48.5 Å². The zero-order valence-corrected chi connectivity index (χ0v) is 16.4. The first-order chi connectivity index (χ1) is 14.1. The van der Waals surface area contributed by atoms with Crippen molar-refractivity contribution in [1.82, 2.24) is 15.3 Å². The lowest BCUT2D eigenvalue weighted by Crippen LogP contribution is -2.33. The molecule has 29 heavy (non-hydrogen) atoms. The molecule has 7 heteroatoms. The minimum absolute atomic E-state index is 0.0300. The Bertz CT molecular complexity index is 979. The first-order valence-electron chi connectivity index (χ1n) is 9.80. The fourth-order valence-electron chi connectivity index (χ4n) is 3.63. The third kappa shape index (κ3) is 4.23. The van der Waals surface area contributed by atoms with E-state index in [4.69, 9.17) is 4.74 Å². The number of hydrogen-bond acceptors (Lipinski definition) is 4. The van der Waals surface area contributed by atoms with Crippen LogP contribution < -0.4 is 15.0 Å². The SMILES string of the molecule is COc1ccc(N2CC(C(=O)NCCCc3nc4ccccc4[nH]3)CC2=O)cc1. The average Bonchev–Trinajstić information content (AvgIpc) is 3.34. The summed E-state index contributed by atoms with van der Waals surface area (Å²) in [7, 11) is 1.60. The molecule has 1 aliphatic rings. The molecule has 0 aliphatic carbocycles. The van der Waals surface area contributed by atoms with Gasteiger partial charge in [-0.2, -0.15) is 0 Å². The predicted molar refractivity (Wildman–Crippen MR) is 111 cm³/mol. The van der Waals surface area contributed by atoms with Gasteiger partial charge in [-0.25, -0.2) is 4.98 Å². The summed E-state index contributed by atoms with van der Waals surface area (Å²) >= 11 is 0. The van der Waals surface area contributed by atoms with Crippen LogP contribution in [0.1, 0.15) is 18.7 Å². The molecular weight excluding hydrogens is 368 g/mol. The van der Waals surface area contributed by atoms with Crippen LogP contribution in [0, 0.1) is 5.92 Å². The van der Waals surface area contributed by atoms with Crippen LogP contribution in [0.5, 0.6) is 5.75 Å². The molecule has 150 valence electrons. The number of benzene rings is 2. The number of methoxy groups -OCH3 is 1. The highest BCUT2D eigenvalue weighted by molar-refractivity contribution is 6.00. The molecule has 1 aliphatic heterocycles. The molecular formula is C22H24N4O3. The van der Waals surface area contributed by atoms with Gasteiger partial charge in [0.25, 0.3) is 0 Å². The van der Waals surface area contributed by atoms with Gasteiger partial charge >= 0.3 is 0 Å². The number of fused-ring (bicyclic) bond motifs is 1. The second kappa shape index (κ2) is 8.34. The van der Waals surface area contributed by atoms with E-state index < -0.39 is 0 Å². The molecule has 1 atom stereocenters. The van der Waals surface area contributed by atoms with Crippen molar-refractivity contribution < 1.29 is 14.3 Å². The quantitative estimate of drug-likeness (QED) is 0.605. The van der Waals surface area contributed by atoms with E-state index in [2.05, 4.69) is 15.3 Å². The average molecular weight is 392 g/mol. The smallest absolute Gasteiger partial charge is 0.227 e. The van der Waals surface area contributed by atoms with Crippen LogP contribution in [0.4, 0.5) is 5.69 Å². The number of carbonyl (C=O) groups is 2. The number of H-pyrrole nitrogens is 1. The van der Waals surface area contributed by atoms with E-state index in [0.717, 1.165) is 41.1 Å². The molecule has 0 spiro atoms. The number of aryl methyl sites for hydroxylation is 1. The molecule has 2 amide bonds. The highest BCUT2D eigenvalue weighted by atomic mass is 16.5. The Morgan fingerprint density at radius 3 is 2.79 bits per heavy atom. The fourth-order valence-corrected chi connectivity index (χ4v) is 3.63. The van der Waals surface area contributed by atoms with Crippen LogP contribution in [-0.4, -0.2) is 42.0 Å². The summed E-state index contributed by atoms with van der Waals surface area (Å²) in [4.78, 5) is 34.3. The summed E-state index contributed by atoms with van der Waals surface area (Å²) in [5.74, 6) is 1.23. The Kier molecular flexibility index (Phi) is 5.46. The van der Waals surface area contributed by atoms with Crippen molar-refractivity contribution in [2.45, 2.75) is 19.3 Å². The van der Waals surface area contributed by atoms with Crippen LogP contribution >= 0.6 is 0 Å². The molecule has 1 unspecified atom stereocenters. The van der Waals surface area contributed by atoms with Crippen molar-refractivity contribution in [3.8, 4) is 5.75 Å². The Hall–Kier alpha value is -3.35. The van der Waals surface area contributed by atoms with Crippen molar-refractivity contribution in [2.24, 2.45) is 5.92 Å². The van der Waals surface area contributed by atoms with E-state index in [-0.39, 0.29) is 24.2 Å². The number of ether oxygens (including phenoxy) is 1. The highest BCUT2D eigenvalue weighted by Gasteiger charge is 2.34. The molecule has 2 aromatic carbocycles. The number of nitrogens with one attached hydrogen (secondary N) is 2. The molecule has 0 bridgehead atoms. The molecule has 0 radical (unpaired) electrons. The van der Waals surface area contributed by atoms with Crippen molar-refractivity contribution >= 4 is 28.5 Å². The standard InChI is InChI=1S/C22H24N4O3/c1-29-17-10-8-16(9-11-17)26-14-15(13-21(26)27)22(28)23-12-4-7-20-24-18-5-2-3-6-19(18)25-20/h2-3,5-6,8-11,15H,4,7,12-14H2,1H3,(H,23,28)(H,24,25). The molecule has 2 heterocycles. The van der Waals surface area contributed by atoms with Crippen molar-refractivity contribution in [1.29, 1.82) is 0 Å². The van der Waals surface area contributed by atoms with Crippen LogP contribution in [0.3, 0.4) is 0 Å². The van der Waals surface area contributed by atoms with Crippen molar-refractivity contribution in [2.75, 3.05) is 25.1 Å². The number of aromatic amines is 1. The second-order valence-electron chi connectivity index (χ2n) is 7.20. The summed E-state index contributed by atoms with van der Waals surface area (Å²) < 4.78 is 5.15. The number of carbonyl (C=O) groups excluding carboxylic acids is 2. The number of aromatic nitrogens is 2. The molecule has 1 fully saturated rings. The number of para-hydroxylation sites is 2. The third-order valence-corrected chi connectivity index (χ3v) is 5.21. The summed E-state index contributed by atoms with van der Waals surface area (Å²) in [6.45, 7) is 0.962. The van der Waals surface area contributed by atoms with Gasteiger partial charge in [0.2, 0.25) is 11.8 Å². The van der Waals surface area contributed by atoms with E-state index in [1.54, 1.807) is 12.0 Å². The van der Waals surface area contributed by atoms with E-state index in [1.165, 1.54) is 0 Å². The first-order valence-corrected chi connectivity index (χ1v) is 9.80. The Morgan fingerprint density at radius 1 is 1.24 bits per heavy atom. The number of rotatable bonds is 7. The van der Waals surface area contributed by atoms with Gasteiger partial charge in [-0.3, -0.25) is 9.59 Å². The first kappa shape index (κ1) is 19.0. The second-order valence-corrected chi connectivity index (χ2v) is 7.20. The molecule has 2 N–H and O–H groups in total. The van der Waals surface area contributed by atoms with Crippen LogP contribution in [0.25, 0.3) is 11.0 Å². The topological polar surface area (TPSA) is 87.3 Å². The van der Waals surface area contributed by atoms with Crippen molar-refractivity contribution in [3.63, 3.8) is 0 Å². The lowest BCUT2D eigenvalue weighted by Gasteiger charge is -2.17. The molecule has 1 aromatic heterocycles. The van der Waals surface area contributed by atoms with Gasteiger partial charge in [0, 0.05) is 31.6 Å². The maximum atomic E-state index is 12.5. The predicted octanol–water partition coefficient (Wildman–Crippen LogP) is 2.67. The van der Waals surface area contributed by atoms with Crippen LogP contribution in [0.2, 0.25) is 0 Å². The zero-order valence-electron chi connectivity index (χ0n) is 16.4. The van der Waals surface area contributed by atoms with Gasteiger partial charge in [-0.05, 0) is 42.8 Å². The van der Waals surface area contributed by atoms with Gasteiger partial charge in [-0.1, -0.05) is 12.1 Å². The summed E-state index contributed by atoms with van der Waals surface area (Å²) in [5, 5.41) is 2.96. The van der Waals surface area contributed by atoms with Gasteiger partial charge in [0.15, 0.2) is 0 Å². The lowest BCUT2D eigenvalue weighted by atomic mass is 10.1. The van der Waals surface area contributed by atoms with E-state index >= 15 is 0 Å². The number of imidazole rings is 1. The molecule has 1 saturated heterocycles. The molecule has 3 aromatic rings. The van der Waals surface area contributed by atoms with E-state index in [9.17, 15) is 9.59 Å². The Labute approximate surface area is 169 Å². The minimum atomic E-state index is -0.323. The maximum absolute atomic E-state index is 12.5. The third-order valence-electron chi connectivity index (χ3n) is 5.21. The molecule has 7 nitrogen and oxygen atoms in total. The van der Waals surface area contributed by atoms with Gasteiger partial charge in [0.05, 0.1) is 24.1 Å². The van der Waals surface area contributed by atoms with Crippen LogP contribution in [-0.2, 0) is 16.0 Å². The summed E-state index contributed by atoms with van der Waals surface area (Å²) in [6.07, 6.45) is 1.78. The number of anilines is 1. The minimum Gasteiger partial charge on any atom is -0.497 e. The van der Waals surface area contributed by atoms with Gasteiger partial charge in [-0.15, -0.1) is 0 Å². The van der Waals surface area contributed by atoms with Crippen molar-refractivity contribution in [3.05, 3.63) is 54.4 Å². The zero-order chi connectivity index (χ0) is 20.2. The summed E-state index contributed by atoms with van der Waals surface area (Å²) in [5.41, 5.74) is 2.76. The monoisotopic (exact) mass is 392 g/mol. The van der Waals surface area contributed by atoms with E-state index in [1.807, 2.05) is 48.5 Å². The van der Waals surface area contributed by atoms with E-state index in [0.29, 0.717) is 13.1 Å². The normalized spacial score (nSPS) is 16.4. The van der Waals surface area contributed by atoms with Gasteiger partial charge < -0.3 is 19.9 Å². The Balaban J connectivity index is 1.25. The largest absolute Gasteiger partial charge is 0.497 e. The molecule has 4 rings (SSSR count). The molecule has 0 saturated carbocycles. The highest BCUT2D eigenvalue weighted by Crippen LogP contribution is 2.26. The van der Waals surface area contributed by atoms with Gasteiger partial charge in [0.1, 0.15) is 11.6 Å². The lowest BCUT2D eigenvalue weighted by molar-refractivity contribution is -0.126. The number of nitrogens with zero attached hydrogens (tertiary/aromatic N) is 2.